The molecule has 0 radical (unpaired) electrons. The fraction of sp³-hybridized carbons (Fsp3) is 0.294. The second-order valence-electron chi connectivity index (χ2n) is 5.53. The van der Waals surface area contributed by atoms with Gasteiger partial charge in [0.15, 0.2) is 0 Å². The molecule has 0 unspecified atom stereocenters. The zero-order chi connectivity index (χ0) is 16.6. The standard InChI is InChI=1S/C12H11NO.C5H10O3/c14-7-3-4-10-8-11-5-1-2-6-12(11)13-9-10;1-5(2,3)8-4(6)7/h1-6,8-9,14H,7H2;1-3H3,(H,6,7)/b4-3+;. The molecule has 2 N–H and O–H groups in total. The lowest BCUT2D eigenvalue weighted by Gasteiger charge is -2.15. The first kappa shape index (κ1) is 17.7. The van der Waals surface area contributed by atoms with Crippen LogP contribution in [0.3, 0.4) is 0 Å². The lowest BCUT2D eigenvalue weighted by Crippen LogP contribution is -2.22. The van der Waals surface area contributed by atoms with Gasteiger partial charge in [-0.15, -0.1) is 0 Å². The lowest BCUT2D eigenvalue weighted by molar-refractivity contribution is 0.0150. The minimum Gasteiger partial charge on any atom is -0.450 e. The van der Waals surface area contributed by atoms with Crippen LogP contribution in [0, 0.1) is 0 Å². The summed E-state index contributed by atoms with van der Waals surface area (Å²) in [7, 11) is 0. The maximum Gasteiger partial charge on any atom is 0.506 e. The predicted octanol–water partition coefficient (Wildman–Crippen LogP) is 3.72. The van der Waals surface area contributed by atoms with Crippen LogP contribution < -0.4 is 0 Å². The Morgan fingerprint density at radius 2 is 2.00 bits per heavy atom. The van der Waals surface area contributed by atoms with E-state index in [1.807, 2.05) is 30.3 Å². The van der Waals surface area contributed by atoms with Gasteiger partial charge in [-0.05, 0) is 38.5 Å². The van der Waals surface area contributed by atoms with E-state index in [0.717, 1.165) is 16.5 Å². The maximum absolute atomic E-state index is 9.79. The van der Waals surface area contributed by atoms with Crippen LogP contribution in [0.4, 0.5) is 4.79 Å². The summed E-state index contributed by atoms with van der Waals surface area (Å²) >= 11 is 0. The Morgan fingerprint density at radius 3 is 2.55 bits per heavy atom. The van der Waals surface area contributed by atoms with Crippen molar-refractivity contribution in [3.05, 3.63) is 48.2 Å². The van der Waals surface area contributed by atoms with E-state index in [0.29, 0.717) is 0 Å². The third-order valence-corrected chi connectivity index (χ3v) is 2.42. The number of carbonyl (C=O) groups is 1. The molecular formula is C17H21NO4. The van der Waals surface area contributed by atoms with E-state index in [9.17, 15) is 4.79 Å². The van der Waals surface area contributed by atoms with Crippen LogP contribution in [-0.4, -0.2) is 33.6 Å². The number of hydrogen-bond acceptors (Lipinski definition) is 4. The number of hydrogen-bond donors (Lipinski definition) is 2. The number of aliphatic hydroxyl groups excluding tert-OH is 1. The van der Waals surface area contributed by atoms with Crippen LogP contribution in [0.1, 0.15) is 26.3 Å². The second-order valence-corrected chi connectivity index (χ2v) is 5.53. The molecule has 2 aromatic rings. The molecule has 0 spiro atoms. The SMILES string of the molecule is CC(C)(C)OC(=O)O.OC/C=C/c1cnc2ccccc2c1. The number of fused-ring (bicyclic) bond motifs is 1. The summed E-state index contributed by atoms with van der Waals surface area (Å²) in [6.45, 7) is 5.11. The van der Waals surface area contributed by atoms with Crippen LogP contribution in [0.5, 0.6) is 0 Å². The first-order valence-corrected chi connectivity index (χ1v) is 6.86. The number of nitrogens with zero attached hydrogens (tertiary/aromatic N) is 1. The fourth-order valence-corrected chi connectivity index (χ4v) is 1.63. The summed E-state index contributed by atoms with van der Waals surface area (Å²) in [5.74, 6) is 0. The largest absolute Gasteiger partial charge is 0.506 e. The number of benzene rings is 1. The predicted molar refractivity (Wildman–Crippen MR) is 86.7 cm³/mol. The smallest absolute Gasteiger partial charge is 0.450 e. The van der Waals surface area contributed by atoms with Crippen molar-refractivity contribution in [3.63, 3.8) is 0 Å². The van der Waals surface area contributed by atoms with Crippen molar-refractivity contribution >= 4 is 23.1 Å². The van der Waals surface area contributed by atoms with Gasteiger partial charge < -0.3 is 14.9 Å². The van der Waals surface area contributed by atoms with Crippen LogP contribution >= 0.6 is 0 Å². The van der Waals surface area contributed by atoms with E-state index in [1.165, 1.54) is 0 Å². The van der Waals surface area contributed by atoms with E-state index in [4.69, 9.17) is 10.2 Å². The normalized spacial score (nSPS) is 11.1. The molecule has 0 saturated carbocycles. The number of ether oxygens (including phenoxy) is 1. The average molecular weight is 303 g/mol. The van der Waals surface area contributed by atoms with E-state index in [-0.39, 0.29) is 6.61 Å². The van der Waals surface area contributed by atoms with Crippen molar-refractivity contribution in [2.75, 3.05) is 6.61 Å². The third kappa shape index (κ3) is 6.85. The number of rotatable bonds is 2. The second kappa shape index (κ2) is 8.14. The molecule has 1 aromatic carbocycles. The number of aromatic nitrogens is 1. The highest BCUT2D eigenvalue weighted by Crippen LogP contribution is 2.13. The Labute approximate surface area is 129 Å². The Kier molecular flexibility index (Phi) is 6.53. The molecule has 5 nitrogen and oxygen atoms in total. The van der Waals surface area contributed by atoms with Crippen LogP contribution in [0.25, 0.3) is 17.0 Å². The first-order valence-electron chi connectivity index (χ1n) is 6.86. The topological polar surface area (TPSA) is 79.7 Å². The van der Waals surface area contributed by atoms with Crippen molar-refractivity contribution in [2.24, 2.45) is 0 Å². The summed E-state index contributed by atoms with van der Waals surface area (Å²) in [5.41, 5.74) is 1.43. The molecule has 5 heteroatoms. The van der Waals surface area contributed by atoms with E-state index in [1.54, 1.807) is 33.0 Å². The number of pyridine rings is 1. The summed E-state index contributed by atoms with van der Waals surface area (Å²) in [5, 5.41) is 17.8. The van der Waals surface area contributed by atoms with Gasteiger partial charge in [-0.3, -0.25) is 4.98 Å². The number of carboxylic acid groups (broad SMARTS) is 1. The number of para-hydroxylation sites is 1. The summed E-state index contributed by atoms with van der Waals surface area (Å²) in [6, 6.07) is 10.0. The Morgan fingerprint density at radius 1 is 1.32 bits per heavy atom. The Bertz CT molecular complexity index is 644. The molecule has 118 valence electrons. The van der Waals surface area contributed by atoms with E-state index >= 15 is 0 Å². The third-order valence-electron chi connectivity index (χ3n) is 2.42. The summed E-state index contributed by atoms with van der Waals surface area (Å²) in [6.07, 6.45) is 4.14. The minimum atomic E-state index is -1.22. The van der Waals surface area contributed by atoms with Crippen molar-refractivity contribution in [1.29, 1.82) is 0 Å². The highest BCUT2D eigenvalue weighted by molar-refractivity contribution is 5.80. The van der Waals surface area contributed by atoms with Gasteiger partial charge in [-0.2, -0.15) is 0 Å². The molecule has 22 heavy (non-hydrogen) atoms. The van der Waals surface area contributed by atoms with Gasteiger partial charge in [0.05, 0.1) is 12.1 Å². The molecule has 1 heterocycles. The van der Waals surface area contributed by atoms with Gasteiger partial charge in [0.1, 0.15) is 5.60 Å². The van der Waals surface area contributed by atoms with Crippen molar-refractivity contribution < 1.29 is 19.7 Å². The van der Waals surface area contributed by atoms with Crippen LogP contribution in [-0.2, 0) is 4.74 Å². The molecule has 0 bridgehead atoms. The molecule has 0 atom stereocenters. The van der Waals surface area contributed by atoms with Gasteiger partial charge in [0, 0.05) is 11.6 Å². The van der Waals surface area contributed by atoms with Gasteiger partial charge in [0.2, 0.25) is 0 Å². The molecule has 1 aromatic heterocycles. The maximum atomic E-state index is 9.79. The molecular weight excluding hydrogens is 282 g/mol. The van der Waals surface area contributed by atoms with Crippen LogP contribution in [0.15, 0.2) is 42.6 Å². The monoisotopic (exact) mass is 303 g/mol. The van der Waals surface area contributed by atoms with Crippen molar-refractivity contribution in [3.8, 4) is 0 Å². The lowest BCUT2D eigenvalue weighted by atomic mass is 10.1. The van der Waals surface area contributed by atoms with Gasteiger partial charge in [0.25, 0.3) is 0 Å². The molecule has 0 fully saturated rings. The van der Waals surface area contributed by atoms with Crippen LogP contribution in [0.2, 0.25) is 0 Å². The Balaban J connectivity index is 0.000000261. The zero-order valence-electron chi connectivity index (χ0n) is 13.0. The fourth-order valence-electron chi connectivity index (χ4n) is 1.63. The highest BCUT2D eigenvalue weighted by atomic mass is 16.7. The molecule has 0 saturated heterocycles. The first-order chi connectivity index (χ1) is 10.3. The molecule has 0 aliphatic heterocycles. The van der Waals surface area contributed by atoms with E-state index < -0.39 is 11.8 Å². The molecule has 0 amide bonds. The summed E-state index contributed by atoms with van der Waals surface area (Å²) in [4.78, 5) is 14.1. The zero-order valence-corrected chi connectivity index (χ0v) is 13.0. The molecule has 0 aliphatic rings. The van der Waals surface area contributed by atoms with Crippen molar-refractivity contribution in [2.45, 2.75) is 26.4 Å². The van der Waals surface area contributed by atoms with Gasteiger partial charge in [-0.1, -0.05) is 30.4 Å². The highest BCUT2D eigenvalue weighted by Gasteiger charge is 2.13. The van der Waals surface area contributed by atoms with Crippen molar-refractivity contribution in [1.82, 2.24) is 4.98 Å². The summed E-state index contributed by atoms with van der Waals surface area (Å²) < 4.78 is 4.35. The number of aliphatic hydroxyl groups is 1. The molecule has 0 aliphatic carbocycles. The Hall–Kier alpha value is -2.40. The van der Waals surface area contributed by atoms with Gasteiger partial charge >= 0.3 is 6.16 Å². The minimum absolute atomic E-state index is 0.0623. The van der Waals surface area contributed by atoms with E-state index in [2.05, 4.69) is 15.8 Å². The quantitative estimate of drug-likeness (QED) is 0.827. The average Bonchev–Trinajstić information content (AvgIpc) is 2.43. The molecule has 2 rings (SSSR count). The van der Waals surface area contributed by atoms with Gasteiger partial charge in [-0.25, -0.2) is 4.79 Å².